The third kappa shape index (κ3) is 4.14. The van der Waals surface area contributed by atoms with E-state index in [4.69, 9.17) is 5.73 Å². The molecule has 120 valence electrons. The molecule has 3 N–H and O–H groups in total. The van der Waals surface area contributed by atoms with E-state index in [1.807, 2.05) is 6.92 Å². The van der Waals surface area contributed by atoms with Gasteiger partial charge in [-0.25, -0.2) is 0 Å². The van der Waals surface area contributed by atoms with Gasteiger partial charge in [-0.05, 0) is 20.3 Å². The van der Waals surface area contributed by atoms with E-state index in [2.05, 4.69) is 5.32 Å². The molecular weight excluding hydrogens is 292 g/mol. The summed E-state index contributed by atoms with van der Waals surface area (Å²) in [6, 6.07) is 0.801. The number of amides is 2. The number of hydrogen-bond acceptors (Lipinski definition) is 5. The number of carbonyl (C=O) groups excluding carboxylic acids is 2. The minimum absolute atomic E-state index is 0.440. The van der Waals surface area contributed by atoms with Gasteiger partial charge < -0.3 is 11.1 Å². The molecule has 0 saturated heterocycles. The monoisotopic (exact) mass is 310 g/mol. The molecule has 0 saturated carbocycles. The maximum atomic E-state index is 12.0. The summed E-state index contributed by atoms with van der Waals surface area (Å²) in [5.74, 6) is -1.58. The highest BCUT2D eigenvalue weighted by Gasteiger charge is 2.21. The van der Waals surface area contributed by atoms with Crippen LogP contribution in [0.25, 0.3) is 0 Å². The number of nitro groups is 1. The first kappa shape index (κ1) is 17.3. The van der Waals surface area contributed by atoms with Gasteiger partial charge in [-0.1, -0.05) is 6.92 Å². The first-order valence-corrected chi connectivity index (χ1v) is 6.57. The van der Waals surface area contributed by atoms with Gasteiger partial charge in [-0.3, -0.25) is 29.1 Å². The fourth-order valence-electron chi connectivity index (χ4n) is 1.67. The minimum Gasteiger partial charge on any atom is -0.365 e. The van der Waals surface area contributed by atoms with Crippen LogP contribution in [0, 0.1) is 10.1 Å². The van der Waals surface area contributed by atoms with Crippen molar-refractivity contribution in [3.63, 3.8) is 0 Å². The average Bonchev–Trinajstić information content (AvgIpc) is 2.39. The molecule has 0 aliphatic carbocycles. The highest BCUT2D eigenvalue weighted by Crippen LogP contribution is 2.11. The van der Waals surface area contributed by atoms with Crippen LogP contribution in [0.4, 0.5) is 5.69 Å². The lowest BCUT2D eigenvalue weighted by Gasteiger charge is -2.24. The van der Waals surface area contributed by atoms with E-state index in [0.29, 0.717) is 6.42 Å². The Kier molecular flexibility index (Phi) is 5.02. The number of aromatic nitrogens is 1. The Morgan fingerprint density at radius 3 is 2.50 bits per heavy atom. The standard InChI is InChI=1S/C13H18N4O5/c1-4-13(2,3)15-10(18)7-16-6-8(17(21)22)5-9(11(14)19)12(16)20/h5-6H,4,7H2,1-3H3,(H2,14,19)(H,15,18). The molecule has 0 spiro atoms. The minimum atomic E-state index is -1.09. The second-order valence-corrected chi connectivity index (χ2v) is 5.45. The largest absolute Gasteiger partial charge is 0.365 e. The van der Waals surface area contributed by atoms with Crippen LogP contribution in [-0.2, 0) is 11.3 Å². The molecule has 0 aliphatic heterocycles. The summed E-state index contributed by atoms with van der Waals surface area (Å²) in [5, 5.41) is 13.5. The lowest BCUT2D eigenvalue weighted by atomic mass is 10.0. The molecular formula is C13H18N4O5. The van der Waals surface area contributed by atoms with E-state index in [1.54, 1.807) is 13.8 Å². The zero-order chi connectivity index (χ0) is 17.1. The van der Waals surface area contributed by atoms with Gasteiger partial charge in [-0.2, -0.15) is 0 Å². The molecule has 2 amide bonds. The van der Waals surface area contributed by atoms with E-state index < -0.39 is 45.6 Å². The molecule has 1 heterocycles. The van der Waals surface area contributed by atoms with Crippen molar-refractivity contribution in [3.8, 4) is 0 Å². The van der Waals surface area contributed by atoms with Gasteiger partial charge in [0.05, 0.1) is 11.1 Å². The molecule has 1 aromatic rings. The van der Waals surface area contributed by atoms with Crippen LogP contribution >= 0.6 is 0 Å². The summed E-state index contributed by atoms with van der Waals surface area (Å²) in [7, 11) is 0. The van der Waals surface area contributed by atoms with Crippen molar-refractivity contribution in [2.45, 2.75) is 39.3 Å². The molecule has 9 nitrogen and oxygen atoms in total. The first-order valence-electron chi connectivity index (χ1n) is 6.57. The molecule has 0 aromatic carbocycles. The maximum Gasteiger partial charge on any atom is 0.286 e. The summed E-state index contributed by atoms with van der Waals surface area (Å²) < 4.78 is 0.805. The van der Waals surface area contributed by atoms with Crippen molar-refractivity contribution in [1.82, 2.24) is 9.88 Å². The van der Waals surface area contributed by atoms with E-state index >= 15 is 0 Å². The number of nitrogens with two attached hydrogens (primary N) is 1. The SMILES string of the molecule is CCC(C)(C)NC(=O)Cn1cc([N+](=O)[O-])cc(C(N)=O)c1=O. The Morgan fingerprint density at radius 1 is 1.45 bits per heavy atom. The van der Waals surface area contributed by atoms with E-state index in [9.17, 15) is 24.5 Å². The number of carbonyl (C=O) groups is 2. The van der Waals surface area contributed by atoms with Crippen LogP contribution in [-0.4, -0.2) is 26.8 Å². The summed E-state index contributed by atoms with van der Waals surface area (Å²) in [4.78, 5) is 45.2. The van der Waals surface area contributed by atoms with Gasteiger partial charge >= 0.3 is 0 Å². The van der Waals surface area contributed by atoms with Crippen LogP contribution in [0.3, 0.4) is 0 Å². The van der Waals surface area contributed by atoms with Crippen molar-refractivity contribution in [3.05, 3.63) is 38.3 Å². The summed E-state index contributed by atoms with van der Waals surface area (Å²) in [6.45, 7) is 5.04. The molecule has 1 aromatic heterocycles. The van der Waals surface area contributed by atoms with Gasteiger partial charge in [0, 0.05) is 11.6 Å². The Labute approximate surface area is 126 Å². The maximum absolute atomic E-state index is 12.0. The van der Waals surface area contributed by atoms with Gasteiger partial charge in [0.1, 0.15) is 12.1 Å². The van der Waals surface area contributed by atoms with Crippen LogP contribution in [0.1, 0.15) is 37.6 Å². The molecule has 0 radical (unpaired) electrons. The number of nitrogens with zero attached hydrogens (tertiary/aromatic N) is 2. The second kappa shape index (κ2) is 6.37. The van der Waals surface area contributed by atoms with Gasteiger partial charge in [-0.15, -0.1) is 0 Å². The third-order valence-electron chi connectivity index (χ3n) is 3.22. The van der Waals surface area contributed by atoms with Gasteiger partial charge in [0.25, 0.3) is 17.2 Å². The van der Waals surface area contributed by atoms with Crippen molar-refractivity contribution in [1.29, 1.82) is 0 Å². The van der Waals surface area contributed by atoms with E-state index in [1.165, 1.54) is 0 Å². The summed E-state index contributed by atoms with van der Waals surface area (Å²) >= 11 is 0. The van der Waals surface area contributed by atoms with Crippen LogP contribution in [0.5, 0.6) is 0 Å². The van der Waals surface area contributed by atoms with Crippen molar-refractivity contribution in [2.75, 3.05) is 0 Å². The number of primary amides is 1. The van der Waals surface area contributed by atoms with E-state index in [0.717, 1.165) is 16.8 Å². The molecule has 0 unspecified atom stereocenters. The fourth-order valence-corrected chi connectivity index (χ4v) is 1.67. The third-order valence-corrected chi connectivity index (χ3v) is 3.22. The molecule has 0 atom stereocenters. The quantitative estimate of drug-likeness (QED) is 0.569. The number of pyridine rings is 1. The Bertz CT molecular complexity index is 677. The number of nitrogens with one attached hydrogen (secondary N) is 1. The highest BCUT2D eigenvalue weighted by molar-refractivity contribution is 5.93. The summed E-state index contributed by atoms with van der Waals surface area (Å²) in [6.07, 6.45) is 1.57. The van der Waals surface area contributed by atoms with Gasteiger partial charge in [0.15, 0.2) is 0 Å². The smallest absolute Gasteiger partial charge is 0.286 e. The average molecular weight is 310 g/mol. The van der Waals surface area contributed by atoms with Crippen LogP contribution in [0.2, 0.25) is 0 Å². The molecule has 0 fully saturated rings. The normalized spacial score (nSPS) is 11.0. The number of hydrogen-bond donors (Lipinski definition) is 2. The first-order chi connectivity index (χ1) is 10.1. The molecule has 0 aliphatic rings. The second-order valence-electron chi connectivity index (χ2n) is 5.45. The molecule has 0 bridgehead atoms. The lowest BCUT2D eigenvalue weighted by molar-refractivity contribution is -0.385. The van der Waals surface area contributed by atoms with Crippen LogP contribution < -0.4 is 16.6 Å². The lowest BCUT2D eigenvalue weighted by Crippen LogP contribution is -2.45. The predicted molar refractivity (Wildman–Crippen MR) is 78.4 cm³/mol. The highest BCUT2D eigenvalue weighted by atomic mass is 16.6. The zero-order valence-electron chi connectivity index (χ0n) is 12.6. The number of rotatable bonds is 6. The molecule has 22 heavy (non-hydrogen) atoms. The van der Waals surface area contributed by atoms with Crippen molar-refractivity contribution < 1.29 is 14.5 Å². The summed E-state index contributed by atoms with van der Waals surface area (Å²) in [5.41, 5.74) is 2.69. The zero-order valence-corrected chi connectivity index (χ0v) is 12.6. The Morgan fingerprint density at radius 2 is 2.05 bits per heavy atom. The molecule has 1 rings (SSSR count). The van der Waals surface area contributed by atoms with E-state index in [-0.39, 0.29) is 0 Å². The van der Waals surface area contributed by atoms with Gasteiger partial charge in [0.2, 0.25) is 5.91 Å². The topological polar surface area (TPSA) is 137 Å². The predicted octanol–water partition coefficient (Wildman–Crippen LogP) is 0.160. The van der Waals surface area contributed by atoms with Crippen molar-refractivity contribution in [2.24, 2.45) is 5.73 Å². The Hall–Kier alpha value is -2.71. The van der Waals surface area contributed by atoms with Crippen molar-refractivity contribution >= 4 is 17.5 Å². The fraction of sp³-hybridized carbons (Fsp3) is 0.462. The molecule has 9 heteroatoms. The Balaban J connectivity index is 3.19. The van der Waals surface area contributed by atoms with Crippen LogP contribution in [0.15, 0.2) is 17.1 Å².